The summed E-state index contributed by atoms with van der Waals surface area (Å²) < 4.78 is 15.8. The van der Waals surface area contributed by atoms with Gasteiger partial charge in [0, 0.05) is 51.3 Å². The molecular formula is C32H44N6O8. The van der Waals surface area contributed by atoms with E-state index in [1.54, 1.807) is 45.8 Å². The fraction of sp³-hybridized carbons (Fsp3) is 0.562. The summed E-state index contributed by atoms with van der Waals surface area (Å²) in [5.74, 6) is -0.473. The van der Waals surface area contributed by atoms with Gasteiger partial charge in [-0.25, -0.2) is 14.8 Å². The van der Waals surface area contributed by atoms with Gasteiger partial charge in [0.2, 0.25) is 5.91 Å². The highest BCUT2D eigenvalue weighted by molar-refractivity contribution is 5.97. The molecule has 1 aromatic carbocycles. The van der Waals surface area contributed by atoms with Crippen LogP contribution in [0.5, 0.6) is 0 Å². The molecule has 0 radical (unpaired) electrons. The second-order valence-electron chi connectivity index (χ2n) is 12.1. The topological polar surface area (TPSA) is 153 Å². The number of aromatic nitrogens is 2. The summed E-state index contributed by atoms with van der Waals surface area (Å²) >= 11 is 0. The SMILES string of the molecule is CCOC(=O)ON1CCN(C(=O)C(CCC(=O)OC(C)(C)C)NC(=O)c2cc(N3CC[C@@H](OC)C3)nc(-c3ccccc3)n2)CC1. The molecule has 0 bridgehead atoms. The Bertz CT molecular complexity index is 1360. The van der Waals surface area contributed by atoms with Gasteiger partial charge in [-0.15, -0.1) is 5.06 Å². The number of esters is 1. The Morgan fingerprint density at radius 3 is 2.37 bits per heavy atom. The molecular weight excluding hydrogens is 596 g/mol. The van der Waals surface area contributed by atoms with Crippen LogP contribution in [-0.2, 0) is 28.6 Å². The van der Waals surface area contributed by atoms with E-state index in [2.05, 4.69) is 10.3 Å². The number of anilines is 1. The third-order valence-corrected chi connectivity index (χ3v) is 7.46. The minimum absolute atomic E-state index is 0.0180. The number of benzene rings is 1. The summed E-state index contributed by atoms with van der Waals surface area (Å²) in [5, 5.41) is 4.26. The average molecular weight is 641 g/mol. The van der Waals surface area contributed by atoms with Crippen LogP contribution in [0.15, 0.2) is 36.4 Å². The quantitative estimate of drug-likeness (QED) is 0.360. The van der Waals surface area contributed by atoms with E-state index in [9.17, 15) is 19.2 Å². The van der Waals surface area contributed by atoms with Crippen molar-refractivity contribution < 1.29 is 38.2 Å². The van der Waals surface area contributed by atoms with Crippen molar-refractivity contribution in [3.8, 4) is 11.4 Å². The van der Waals surface area contributed by atoms with Gasteiger partial charge >= 0.3 is 12.1 Å². The smallest absolute Gasteiger partial charge is 0.460 e. The lowest BCUT2D eigenvalue weighted by Gasteiger charge is -2.35. The maximum atomic E-state index is 13.8. The van der Waals surface area contributed by atoms with Gasteiger partial charge in [-0.1, -0.05) is 30.3 Å². The normalized spacial score (nSPS) is 17.7. The Labute approximate surface area is 269 Å². The molecule has 250 valence electrons. The first-order valence-electron chi connectivity index (χ1n) is 15.6. The largest absolute Gasteiger partial charge is 0.527 e. The van der Waals surface area contributed by atoms with E-state index in [4.69, 9.17) is 24.0 Å². The van der Waals surface area contributed by atoms with Gasteiger partial charge < -0.3 is 34.2 Å². The minimum atomic E-state index is -1.04. The predicted molar refractivity (Wildman–Crippen MR) is 168 cm³/mol. The summed E-state index contributed by atoms with van der Waals surface area (Å²) in [7, 11) is 1.67. The molecule has 1 aromatic heterocycles. The lowest BCUT2D eigenvalue weighted by atomic mass is 10.1. The van der Waals surface area contributed by atoms with Crippen LogP contribution in [-0.4, -0.2) is 115 Å². The van der Waals surface area contributed by atoms with Gasteiger partial charge in [0.15, 0.2) is 5.82 Å². The van der Waals surface area contributed by atoms with Gasteiger partial charge in [0.25, 0.3) is 5.91 Å². The van der Waals surface area contributed by atoms with Crippen LogP contribution < -0.4 is 10.2 Å². The molecule has 46 heavy (non-hydrogen) atoms. The number of amides is 2. The number of nitrogens with zero attached hydrogens (tertiary/aromatic N) is 5. The molecule has 0 spiro atoms. The molecule has 2 aliphatic heterocycles. The zero-order valence-corrected chi connectivity index (χ0v) is 27.2. The molecule has 1 unspecified atom stereocenters. The molecule has 2 fully saturated rings. The minimum Gasteiger partial charge on any atom is -0.460 e. The number of rotatable bonds is 11. The molecule has 2 saturated heterocycles. The van der Waals surface area contributed by atoms with Gasteiger partial charge in [0.05, 0.1) is 25.8 Å². The lowest BCUT2D eigenvalue weighted by molar-refractivity contribution is -0.158. The van der Waals surface area contributed by atoms with E-state index in [-0.39, 0.29) is 63.3 Å². The molecule has 2 aliphatic rings. The van der Waals surface area contributed by atoms with E-state index in [1.807, 2.05) is 35.2 Å². The number of ether oxygens (including phenoxy) is 3. The van der Waals surface area contributed by atoms with Crippen LogP contribution >= 0.6 is 0 Å². The first-order valence-corrected chi connectivity index (χ1v) is 15.6. The van der Waals surface area contributed by atoms with Gasteiger partial charge in [-0.05, 0) is 40.5 Å². The maximum absolute atomic E-state index is 13.8. The number of carbonyl (C=O) groups is 4. The van der Waals surface area contributed by atoms with E-state index >= 15 is 0 Å². The van der Waals surface area contributed by atoms with Crippen molar-refractivity contribution in [2.45, 2.75) is 64.7 Å². The fourth-order valence-electron chi connectivity index (χ4n) is 5.17. The van der Waals surface area contributed by atoms with Crippen molar-refractivity contribution in [3.05, 3.63) is 42.1 Å². The molecule has 0 aliphatic carbocycles. The number of carbonyl (C=O) groups excluding carboxylic acids is 4. The first-order chi connectivity index (χ1) is 22.0. The third-order valence-electron chi connectivity index (χ3n) is 7.46. The molecule has 3 heterocycles. The lowest BCUT2D eigenvalue weighted by Crippen LogP contribution is -2.55. The summed E-state index contributed by atoms with van der Waals surface area (Å²) in [6.45, 7) is 9.46. The second kappa shape index (κ2) is 15.8. The Balaban J connectivity index is 1.54. The average Bonchev–Trinajstić information content (AvgIpc) is 3.52. The zero-order valence-electron chi connectivity index (χ0n) is 27.2. The van der Waals surface area contributed by atoms with Crippen molar-refractivity contribution in [1.29, 1.82) is 0 Å². The number of piperazine rings is 1. The van der Waals surface area contributed by atoms with E-state index in [1.165, 1.54) is 5.06 Å². The monoisotopic (exact) mass is 640 g/mol. The molecule has 2 amide bonds. The first kappa shape index (κ1) is 34.6. The van der Waals surface area contributed by atoms with Crippen LogP contribution in [0.3, 0.4) is 0 Å². The van der Waals surface area contributed by atoms with Crippen molar-refractivity contribution in [2.24, 2.45) is 0 Å². The van der Waals surface area contributed by atoms with Crippen LogP contribution in [0.25, 0.3) is 11.4 Å². The number of hydrogen-bond donors (Lipinski definition) is 1. The Hall–Kier alpha value is -4.30. The van der Waals surface area contributed by atoms with Crippen LogP contribution in [0, 0.1) is 0 Å². The van der Waals surface area contributed by atoms with Crippen LogP contribution in [0.2, 0.25) is 0 Å². The highest BCUT2D eigenvalue weighted by atomic mass is 16.8. The maximum Gasteiger partial charge on any atom is 0.527 e. The summed E-state index contributed by atoms with van der Waals surface area (Å²) in [6, 6.07) is 9.91. The van der Waals surface area contributed by atoms with Gasteiger partial charge in [-0.3, -0.25) is 14.4 Å². The summed E-state index contributed by atoms with van der Waals surface area (Å²) in [6.07, 6.45) is -0.0105. The van der Waals surface area contributed by atoms with E-state index in [0.29, 0.717) is 24.7 Å². The van der Waals surface area contributed by atoms with Gasteiger partial charge in [0.1, 0.15) is 23.2 Å². The van der Waals surface area contributed by atoms with Crippen molar-refractivity contribution in [2.75, 3.05) is 57.9 Å². The van der Waals surface area contributed by atoms with Crippen molar-refractivity contribution >= 4 is 29.8 Å². The van der Waals surface area contributed by atoms with Crippen molar-refractivity contribution in [1.82, 2.24) is 25.2 Å². The van der Waals surface area contributed by atoms with Crippen LogP contribution in [0.1, 0.15) is 57.4 Å². The third kappa shape index (κ3) is 9.85. The molecule has 14 heteroatoms. The molecule has 1 N–H and O–H groups in total. The number of hydrogen-bond acceptors (Lipinski definition) is 12. The zero-order chi connectivity index (χ0) is 33.3. The number of methoxy groups -OCH3 is 1. The predicted octanol–water partition coefficient (Wildman–Crippen LogP) is 2.82. The summed E-state index contributed by atoms with van der Waals surface area (Å²) in [5.41, 5.74) is 0.131. The number of nitrogens with one attached hydrogen (secondary N) is 1. The van der Waals surface area contributed by atoms with Crippen molar-refractivity contribution in [3.63, 3.8) is 0 Å². The van der Waals surface area contributed by atoms with E-state index < -0.39 is 29.7 Å². The summed E-state index contributed by atoms with van der Waals surface area (Å²) in [4.78, 5) is 70.0. The van der Waals surface area contributed by atoms with Crippen LogP contribution in [0.4, 0.5) is 10.6 Å². The standard InChI is InChI=1S/C32H44N6O8/c1-6-44-31(42)46-38-18-16-36(17-19-38)30(41)24(12-13-27(39)45-32(2,3)4)34-29(40)25-20-26(37-15-14-23(21-37)43-5)35-28(33-25)22-10-8-7-9-11-22/h7-11,20,23-24H,6,12-19,21H2,1-5H3,(H,34,40)/t23-,24?/m1/s1. The number of hydroxylamine groups is 2. The van der Waals surface area contributed by atoms with Gasteiger partial charge in [-0.2, -0.15) is 0 Å². The Kier molecular flexibility index (Phi) is 11.9. The molecule has 2 aromatic rings. The highest BCUT2D eigenvalue weighted by Gasteiger charge is 2.32. The highest BCUT2D eigenvalue weighted by Crippen LogP contribution is 2.24. The molecule has 4 rings (SSSR count). The Morgan fingerprint density at radius 2 is 1.74 bits per heavy atom. The molecule has 14 nitrogen and oxygen atoms in total. The van der Waals surface area contributed by atoms with E-state index in [0.717, 1.165) is 12.0 Å². The fourth-order valence-corrected chi connectivity index (χ4v) is 5.17. The molecule has 2 atom stereocenters. The molecule has 0 saturated carbocycles. The Morgan fingerprint density at radius 1 is 1.02 bits per heavy atom. The second-order valence-corrected chi connectivity index (χ2v) is 12.1.